The summed E-state index contributed by atoms with van der Waals surface area (Å²) in [5.41, 5.74) is 3.52. The third-order valence-corrected chi connectivity index (χ3v) is 2.63. The van der Waals surface area contributed by atoms with E-state index in [4.69, 9.17) is 0 Å². The summed E-state index contributed by atoms with van der Waals surface area (Å²) in [6, 6.07) is 6.35. The quantitative estimate of drug-likeness (QED) is 0.673. The van der Waals surface area contributed by atoms with Crippen LogP contribution in [0.3, 0.4) is 0 Å². The summed E-state index contributed by atoms with van der Waals surface area (Å²) in [6.45, 7) is 2.16. The first-order valence-corrected chi connectivity index (χ1v) is 4.96. The summed E-state index contributed by atoms with van der Waals surface area (Å²) in [5.74, 6) is 0.327. The van der Waals surface area contributed by atoms with Gasteiger partial charge in [-0.15, -0.1) is 0 Å². The molecule has 0 amide bonds. The van der Waals surface area contributed by atoms with Crippen molar-refractivity contribution >= 4 is 5.78 Å². The van der Waals surface area contributed by atoms with Crippen LogP contribution in [0.1, 0.15) is 41.3 Å². The van der Waals surface area contributed by atoms with Crippen molar-refractivity contribution in [3.05, 3.63) is 34.9 Å². The number of Topliss-reactive ketones (excluding diaryl/α,β-unsaturated/α-hetero) is 1. The van der Waals surface area contributed by atoms with E-state index in [0.29, 0.717) is 12.2 Å². The van der Waals surface area contributed by atoms with Crippen molar-refractivity contribution < 1.29 is 4.79 Å². The van der Waals surface area contributed by atoms with Crippen molar-refractivity contribution in [3.8, 4) is 0 Å². The molecule has 0 atom stereocenters. The molecule has 0 bridgehead atoms. The van der Waals surface area contributed by atoms with Crippen LogP contribution in [-0.2, 0) is 12.8 Å². The highest BCUT2D eigenvalue weighted by atomic mass is 16.1. The smallest absolute Gasteiger partial charge is 0.163 e. The monoisotopic (exact) mass is 174 g/mol. The Balaban J connectivity index is 2.36. The van der Waals surface area contributed by atoms with Gasteiger partial charge in [0.25, 0.3) is 0 Å². The van der Waals surface area contributed by atoms with E-state index < -0.39 is 0 Å². The van der Waals surface area contributed by atoms with Crippen LogP contribution in [-0.4, -0.2) is 5.78 Å². The Bertz CT molecular complexity index is 339. The van der Waals surface area contributed by atoms with Crippen LogP contribution in [0.15, 0.2) is 18.2 Å². The lowest BCUT2D eigenvalue weighted by Crippen LogP contribution is -1.93. The highest BCUT2D eigenvalue weighted by molar-refractivity contribution is 6.00. The number of rotatable bonds is 2. The molecule has 0 spiro atoms. The highest BCUT2D eigenvalue weighted by Gasteiger charge is 2.18. The number of benzene rings is 1. The first-order chi connectivity index (χ1) is 6.31. The molecule has 1 nitrogen and oxygen atoms in total. The van der Waals surface area contributed by atoms with Gasteiger partial charge < -0.3 is 0 Å². The molecule has 1 aromatic carbocycles. The van der Waals surface area contributed by atoms with Crippen LogP contribution < -0.4 is 0 Å². The predicted molar refractivity (Wildman–Crippen MR) is 53.1 cm³/mol. The summed E-state index contributed by atoms with van der Waals surface area (Å²) in [7, 11) is 0. The topological polar surface area (TPSA) is 17.1 Å². The minimum atomic E-state index is 0.327. The Morgan fingerprint density at radius 3 is 2.92 bits per heavy atom. The van der Waals surface area contributed by atoms with Crippen LogP contribution in [0.2, 0.25) is 0 Å². The first kappa shape index (κ1) is 8.49. The minimum Gasteiger partial charge on any atom is -0.294 e. The van der Waals surface area contributed by atoms with Crippen molar-refractivity contribution in [2.75, 3.05) is 0 Å². The van der Waals surface area contributed by atoms with Gasteiger partial charge in [0.2, 0.25) is 0 Å². The van der Waals surface area contributed by atoms with Gasteiger partial charge in [-0.2, -0.15) is 0 Å². The molecule has 0 unspecified atom stereocenters. The summed E-state index contributed by atoms with van der Waals surface area (Å²) in [6.07, 6.45) is 3.89. The Hall–Kier alpha value is -1.11. The SMILES string of the molecule is CCCc1ccc2c(c1)C(=O)CC2. The number of fused-ring (bicyclic) bond motifs is 1. The Kier molecular flexibility index (Phi) is 2.17. The lowest BCUT2D eigenvalue weighted by Gasteiger charge is -2.01. The van der Waals surface area contributed by atoms with Gasteiger partial charge in [0, 0.05) is 12.0 Å². The molecule has 0 saturated carbocycles. The van der Waals surface area contributed by atoms with E-state index >= 15 is 0 Å². The highest BCUT2D eigenvalue weighted by Crippen LogP contribution is 2.23. The minimum absolute atomic E-state index is 0.327. The van der Waals surface area contributed by atoms with E-state index in [0.717, 1.165) is 24.8 Å². The van der Waals surface area contributed by atoms with Crippen LogP contribution in [0.4, 0.5) is 0 Å². The van der Waals surface area contributed by atoms with Gasteiger partial charge in [-0.05, 0) is 30.0 Å². The molecule has 0 aliphatic heterocycles. The molecule has 0 N–H and O–H groups in total. The zero-order chi connectivity index (χ0) is 9.26. The molecule has 0 radical (unpaired) electrons. The molecule has 1 aromatic rings. The van der Waals surface area contributed by atoms with Crippen molar-refractivity contribution in [2.45, 2.75) is 32.6 Å². The Morgan fingerprint density at radius 2 is 2.15 bits per heavy atom. The second-order valence-electron chi connectivity index (χ2n) is 3.66. The average Bonchev–Trinajstić information content (AvgIpc) is 2.49. The molecular formula is C12H14O. The maximum absolute atomic E-state index is 11.4. The van der Waals surface area contributed by atoms with Crippen LogP contribution in [0.25, 0.3) is 0 Å². The molecule has 0 aromatic heterocycles. The molecule has 68 valence electrons. The van der Waals surface area contributed by atoms with Crippen molar-refractivity contribution in [2.24, 2.45) is 0 Å². The lowest BCUT2D eigenvalue weighted by atomic mass is 10.0. The van der Waals surface area contributed by atoms with Gasteiger partial charge in [0.05, 0.1) is 0 Å². The van der Waals surface area contributed by atoms with E-state index in [9.17, 15) is 4.79 Å². The number of hydrogen-bond donors (Lipinski definition) is 0. The van der Waals surface area contributed by atoms with Gasteiger partial charge >= 0.3 is 0 Å². The fraction of sp³-hybridized carbons (Fsp3) is 0.417. The fourth-order valence-corrected chi connectivity index (χ4v) is 1.93. The third kappa shape index (κ3) is 1.51. The second kappa shape index (κ2) is 3.33. The van der Waals surface area contributed by atoms with Crippen molar-refractivity contribution in [1.82, 2.24) is 0 Å². The first-order valence-electron chi connectivity index (χ1n) is 4.96. The molecule has 1 aliphatic rings. The van der Waals surface area contributed by atoms with Gasteiger partial charge in [-0.25, -0.2) is 0 Å². The largest absolute Gasteiger partial charge is 0.294 e. The van der Waals surface area contributed by atoms with Gasteiger partial charge in [-0.3, -0.25) is 4.79 Å². The standard InChI is InChI=1S/C12H14O/c1-2-3-9-4-5-10-6-7-12(13)11(10)8-9/h4-5,8H,2-3,6-7H2,1H3. The molecule has 13 heavy (non-hydrogen) atoms. The number of carbonyl (C=O) groups is 1. The summed E-state index contributed by atoms with van der Waals surface area (Å²) < 4.78 is 0. The average molecular weight is 174 g/mol. The zero-order valence-electron chi connectivity index (χ0n) is 7.97. The molecule has 0 saturated heterocycles. The zero-order valence-corrected chi connectivity index (χ0v) is 7.97. The molecular weight excluding hydrogens is 160 g/mol. The third-order valence-electron chi connectivity index (χ3n) is 2.63. The maximum atomic E-state index is 11.4. The van der Waals surface area contributed by atoms with E-state index in [-0.39, 0.29) is 0 Å². The number of carbonyl (C=O) groups excluding carboxylic acids is 1. The van der Waals surface area contributed by atoms with Crippen molar-refractivity contribution in [3.63, 3.8) is 0 Å². The van der Waals surface area contributed by atoms with E-state index in [1.54, 1.807) is 0 Å². The van der Waals surface area contributed by atoms with Gasteiger partial charge in [0.1, 0.15) is 0 Å². The van der Waals surface area contributed by atoms with Crippen molar-refractivity contribution in [1.29, 1.82) is 0 Å². The summed E-state index contributed by atoms with van der Waals surface area (Å²) >= 11 is 0. The Morgan fingerprint density at radius 1 is 1.31 bits per heavy atom. The molecule has 0 heterocycles. The predicted octanol–water partition coefficient (Wildman–Crippen LogP) is 2.77. The number of hydrogen-bond acceptors (Lipinski definition) is 1. The van der Waals surface area contributed by atoms with E-state index in [1.165, 1.54) is 11.1 Å². The van der Waals surface area contributed by atoms with Gasteiger partial charge in [0.15, 0.2) is 5.78 Å². The molecule has 0 fully saturated rings. The molecule has 2 rings (SSSR count). The summed E-state index contributed by atoms with van der Waals surface area (Å²) in [5, 5.41) is 0. The van der Waals surface area contributed by atoms with Crippen LogP contribution in [0.5, 0.6) is 0 Å². The normalized spacial score (nSPS) is 14.7. The van der Waals surface area contributed by atoms with Gasteiger partial charge in [-0.1, -0.05) is 25.5 Å². The molecule has 1 aliphatic carbocycles. The fourth-order valence-electron chi connectivity index (χ4n) is 1.93. The summed E-state index contributed by atoms with van der Waals surface area (Å²) in [4.78, 5) is 11.4. The number of ketones is 1. The van der Waals surface area contributed by atoms with Crippen LogP contribution >= 0.6 is 0 Å². The second-order valence-corrected chi connectivity index (χ2v) is 3.66. The van der Waals surface area contributed by atoms with Crippen LogP contribution in [0, 0.1) is 0 Å². The van der Waals surface area contributed by atoms with E-state index in [2.05, 4.69) is 25.1 Å². The van der Waals surface area contributed by atoms with E-state index in [1.807, 2.05) is 0 Å². The lowest BCUT2D eigenvalue weighted by molar-refractivity contribution is 0.0994. The Labute approximate surface area is 78.8 Å². The maximum Gasteiger partial charge on any atom is 0.163 e. The number of aryl methyl sites for hydroxylation is 2. The molecule has 1 heteroatoms.